The molecular formula is C28H37FN2O2. The maximum Gasteiger partial charge on any atom is 0.157 e. The summed E-state index contributed by atoms with van der Waals surface area (Å²) < 4.78 is 15.3. The van der Waals surface area contributed by atoms with Crippen molar-refractivity contribution >= 4 is 16.7 Å². The van der Waals surface area contributed by atoms with Crippen LogP contribution in [-0.2, 0) is 11.3 Å². The molecule has 1 N–H and O–H groups in total. The highest BCUT2D eigenvalue weighted by Crippen LogP contribution is 2.64. The van der Waals surface area contributed by atoms with Gasteiger partial charge in [-0.3, -0.25) is 9.48 Å². The van der Waals surface area contributed by atoms with Crippen LogP contribution in [0.25, 0.3) is 10.9 Å². The number of aliphatic hydroxyl groups is 1. The van der Waals surface area contributed by atoms with Crippen LogP contribution in [-0.4, -0.2) is 26.3 Å². The van der Waals surface area contributed by atoms with Gasteiger partial charge in [0.2, 0.25) is 0 Å². The average Bonchev–Trinajstić information content (AvgIpc) is 3.32. The molecule has 1 heterocycles. The number of hydrogen-bond acceptors (Lipinski definition) is 3. The van der Waals surface area contributed by atoms with Crippen LogP contribution in [0.4, 0.5) is 4.39 Å². The second kappa shape index (κ2) is 7.63. The Hall–Kier alpha value is -1.75. The molecule has 4 aliphatic carbocycles. The van der Waals surface area contributed by atoms with Crippen molar-refractivity contribution in [1.82, 2.24) is 9.78 Å². The molecule has 1 aromatic heterocycles. The molecule has 4 aliphatic rings. The summed E-state index contributed by atoms with van der Waals surface area (Å²) in [7, 11) is 0. The molecule has 178 valence electrons. The van der Waals surface area contributed by atoms with Gasteiger partial charge >= 0.3 is 0 Å². The SMILES string of the molecule is CC1(O)CCC2C(CCC3C2CCC2(C)C(C(=O)Cn4cc5cc(F)ccc5n4)CCC32)C1. The van der Waals surface area contributed by atoms with Crippen LogP contribution in [0.15, 0.2) is 24.4 Å². The number of aromatic nitrogens is 2. The van der Waals surface area contributed by atoms with E-state index in [-0.39, 0.29) is 23.7 Å². The number of fused-ring (bicyclic) bond motifs is 6. The Morgan fingerprint density at radius 2 is 1.91 bits per heavy atom. The lowest BCUT2D eigenvalue weighted by Crippen LogP contribution is -2.51. The molecule has 6 rings (SSSR count). The van der Waals surface area contributed by atoms with Gasteiger partial charge in [0, 0.05) is 17.5 Å². The lowest BCUT2D eigenvalue weighted by atomic mass is 9.49. The Morgan fingerprint density at radius 1 is 1.09 bits per heavy atom. The van der Waals surface area contributed by atoms with E-state index in [0.717, 1.165) is 54.3 Å². The Balaban J connectivity index is 1.18. The standard InChI is InChI=1S/C28H37FN2O2/c1-27(33)11-9-20-17(14-27)3-5-22-21(20)10-12-28(2)23(22)6-7-24(28)26(32)16-31-15-18-13-19(29)4-8-25(18)30-31/h4,8,13,15,17,20-24,33H,3,5-7,9-12,14,16H2,1-2H3. The average molecular weight is 453 g/mol. The summed E-state index contributed by atoms with van der Waals surface area (Å²) in [5.41, 5.74) is 0.373. The minimum absolute atomic E-state index is 0.101. The van der Waals surface area contributed by atoms with Crippen molar-refractivity contribution in [2.24, 2.45) is 40.9 Å². The number of carbonyl (C=O) groups excluding carboxylic acids is 1. The van der Waals surface area contributed by atoms with Crippen molar-refractivity contribution in [3.05, 3.63) is 30.2 Å². The molecule has 5 heteroatoms. The highest BCUT2D eigenvalue weighted by Gasteiger charge is 2.58. The summed E-state index contributed by atoms with van der Waals surface area (Å²) in [5.74, 6) is 3.80. The Labute approximate surface area is 195 Å². The summed E-state index contributed by atoms with van der Waals surface area (Å²) >= 11 is 0. The molecular weight excluding hydrogens is 415 g/mol. The summed E-state index contributed by atoms with van der Waals surface area (Å²) in [4.78, 5) is 13.5. The first-order chi connectivity index (χ1) is 15.7. The van der Waals surface area contributed by atoms with Crippen LogP contribution in [0.3, 0.4) is 0 Å². The van der Waals surface area contributed by atoms with Crippen molar-refractivity contribution in [1.29, 1.82) is 0 Å². The largest absolute Gasteiger partial charge is 0.390 e. The lowest BCUT2D eigenvalue weighted by Gasteiger charge is -2.56. The highest BCUT2D eigenvalue weighted by molar-refractivity contribution is 5.83. The van der Waals surface area contributed by atoms with Crippen LogP contribution in [0.2, 0.25) is 0 Å². The van der Waals surface area contributed by atoms with Crippen LogP contribution < -0.4 is 0 Å². The normalized spacial score (nSPS) is 42.5. The summed E-state index contributed by atoms with van der Waals surface area (Å²) in [6, 6.07) is 4.59. The van der Waals surface area contributed by atoms with Crippen LogP contribution >= 0.6 is 0 Å². The van der Waals surface area contributed by atoms with Gasteiger partial charge in [0.15, 0.2) is 5.78 Å². The van der Waals surface area contributed by atoms with E-state index in [1.54, 1.807) is 16.9 Å². The fourth-order valence-corrected chi connectivity index (χ4v) is 9.01. The fourth-order valence-electron chi connectivity index (χ4n) is 9.01. The summed E-state index contributed by atoms with van der Waals surface area (Å²) in [6.45, 7) is 4.72. The molecule has 4 fully saturated rings. The minimum atomic E-state index is -0.467. The monoisotopic (exact) mass is 452 g/mol. The van der Waals surface area contributed by atoms with E-state index < -0.39 is 5.60 Å². The predicted octanol–water partition coefficient (Wildman–Crippen LogP) is 5.76. The smallest absolute Gasteiger partial charge is 0.157 e. The first-order valence-corrected chi connectivity index (χ1v) is 13.1. The van der Waals surface area contributed by atoms with Gasteiger partial charge in [-0.05, 0) is 118 Å². The maximum atomic E-state index is 13.6. The first kappa shape index (κ1) is 21.8. The molecule has 0 spiro atoms. The molecule has 2 aromatic rings. The molecule has 33 heavy (non-hydrogen) atoms. The number of nitrogens with zero attached hydrogens (tertiary/aromatic N) is 2. The second-order valence-electron chi connectivity index (χ2n) is 12.3. The van der Waals surface area contributed by atoms with Crippen molar-refractivity contribution in [2.45, 2.75) is 83.8 Å². The van der Waals surface area contributed by atoms with E-state index in [0.29, 0.717) is 17.6 Å². The third kappa shape index (κ3) is 3.57. The van der Waals surface area contributed by atoms with Gasteiger partial charge in [-0.1, -0.05) is 6.92 Å². The number of benzene rings is 1. The first-order valence-electron chi connectivity index (χ1n) is 13.1. The quantitative estimate of drug-likeness (QED) is 0.644. The van der Waals surface area contributed by atoms with Crippen molar-refractivity contribution in [2.75, 3.05) is 0 Å². The number of hydrogen-bond donors (Lipinski definition) is 1. The third-order valence-corrected chi connectivity index (χ3v) is 10.5. The number of Topliss-reactive ketones (excluding diaryl/α,β-unsaturated/α-hetero) is 1. The van der Waals surface area contributed by atoms with Gasteiger partial charge in [0.1, 0.15) is 5.82 Å². The van der Waals surface area contributed by atoms with E-state index in [1.165, 1.54) is 44.2 Å². The van der Waals surface area contributed by atoms with E-state index in [2.05, 4.69) is 12.0 Å². The molecule has 0 amide bonds. The molecule has 0 radical (unpaired) electrons. The zero-order valence-electron chi connectivity index (χ0n) is 20.0. The van der Waals surface area contributed by atoms with Gasteiger partial charge in [0.05, 0.1) is 17.7 Å². The highest BCUT2D eigenvalue weighted by atomic mass is 19.1. The Kier molecular flexibility index (Phi) is 5.03. The second-order valence-corrected chi connectivity index (χ2v) is 12.3. The number of carbonyl (C=O) groups is 1. The van der Waals surface area contributed by atoms with Crippen molar-refractivity contribution in [3.63, 3.8) is 0 Å². The van der Waals surface area contributed by atoms with E-state index in [9.17, 15) is 14.3 Å². The molecule has 0 saturated heterocycles. The fraction of sp³-hybridized carbons (Fsp3) is 0.714. The maximum absolute atomic E-state index is 13.6. The summed E-state index contributed by atoms with van der Waals surface area (Å²) in [6.07, 6.45) is 12.0. The van der Waals surface area contributed by atoms with Gasteiger partial charge in [0.25, 0.3) is 0 Å². The molecule has 8 unspecified atom stereocenters. The Bertz CT molecular complexity index is 1080. The predicted molar refractivity (Wildman–Crippen MR) is 126 cm³/mol. The molecule has 0 bridgehead atoms. The minimum Gasteiger partial charge on any atom is -0.390 e. The molecule has 8 atom stereocenters. The Morgan fingerprint density at radius 3 is 2.76 bits per heavy atom. The van der Waals surface area contributed by atoms with Gasteiger partial charge in [-0.25, -0.2) is 4.39 Å². The number of halogens is 1. The third-order valence-electron chi connectivity index (χ3n) is 10.5. The molecule has 1 aromatic carbocycles. The van der Waals surface area contributed by atoms with Gasteiger partial charge in [-0.15, -0.1) is 0 Å². The summed E-state index contributed by atoms with van der Waals surface area (Å²) in [5, 5.41) is 15.9. The van der Waals surface area contributed by atoms with E-state index in [4.69, 9.17) is 0 Å². The molecule has 0 aliphatic heterocycles. The van der Waals surface area contributed by atoms with Crippen molar-refractivity contribution in [3.8, 4) is 0 Å². The molecule has 4 saturated carbocycles. The van der Waals surface area contributed by atoms with Crippen molar-refractivity contribution < 1.29 is 14.3 Å². The number of ketones is 1. The van der Waals surface area contributed by atoms with Crippen LogP contribution in [0.1, 0.15) is 71.6 Å². The lowest BCUT2D eigenvalue weighted by molar-refractivity contribution is -0.133. The van der Waals surface area contributed by atoms with Gasteiger partial charge in [-0.2, -0.15) is 5.10 Å². The van der Waals surface area contributed by atoms with E-state index >= 15 is 0 Å². The topological polar surface area (TPSA) is 55.1 Å². The zero-order chi connectivity index (χ0) is 23.0. The zero-order valence-corrected chi connectivity index (χ0v) is 20.0. The van der Waals surface area contributed by atoms with Crippen LogP contribution in [0.5, 0.6) is 0 Å². The van der Waals surface area contributed by atoms with Crippen LogP contribution in [0, 0.1) is 46.7 Å². The van der Waals surface area contributed by atoms with E-state index in [1.807, 2.05) is 6.92 Å². The van der Waals surface area contributed by atoms with Gasteiger partial charge < -0.3 is 5.11 Å². The molecule has 4 nitrogen and oxygen atoms in total. The number of rotatable bonds is 3.